The minimum Gasteiger partial charge on any atom is -0.457 e. The number of urea groups is 1. The lowest BCUT2D eigenvalue weighted by Crippen LogP contribution is -2.35. The van der Waals surface area contributed by atoms with Crippen LogP contribution in [0.5, 0.6) is 11.5 Å². The van der Waals surface area contributed by atoms with Gasteiger partial charge in [0.05, 0.1) is 6.61 Å². The van der Waals surface area contributed by atoms with Crippen LogP contribution >= 0.6 is 0 Å². The maximum Gasteiger partial charge on any atom is 0.321 e. The van der Waals surface area contributed by atoms with E-state index in [1.165, 1.54) is 5.56 Å². The summed E-state index contributed by atoms with van der Waals surface area (Å²) >= 11 is 0. The van der Waals surface area contributed by atoms with Crippen molar-refractivity contribution >= 4 is 11.7 Å². The monoisotopic (exact) mass is 352 g/mol. The molecular formula is C21H24N2O3. The number of anilines is 1. The third-order valence-corrected chi connectivity index (χ3v) is 5.27. The molecule has 5 heteroatoms. The van der Waals surface area contributed by atoms with Crippen LogP contribution in [-0.4, -0.2) is 37.2 Å². The van der Waals surface area contributed by atoms with Crippen molar-refractivity contribution in [3.8, 4) is 11.5 Å². The standard InChI is InChI=1S/C21H24N2O3/c1-16-2-6-18(7-3-16)26-19-8-4-17(5-9-19)22-20(24)23-12-10-21(14-23)11-13-25-15-21/h2-9H,10-15H2,1H3,(H,22,24). The van der Waals surface area contributed by atoms with Gasteiger partial charge in [-0.1, -0.05) is 17.7 Å². The summed E-state index contributed by atoms with van der Waals surface area (Å²) in [5.41, 5.74) is 2.15. The number of hydrogen-bond donors (Lipinski definition) is 1. The fraction of sp³-hybridized carbons (Fsp3) is 0.381. The second-order valence-electron chi connectivity index (χ2n) is 7.34. The second kappa shape index (κ2) is 7.00. The molecule has 0 radical (unpaired) electrons. The van der Waals surface area contributed by atoms with Gasteiger partial charge in [-0.25, -0.2) is 4.79 Å². The number of likely N-dealkylation sites (tertiary alicyclic amines) is 1. The van der Waals surface area contributed by atoms with Gasteiger partial charge in [0.2, 0.25) is 0 Å². The minimum atomic E-state index is -0.0408. The summed E-state index contributed by atoms with van der Waals surface area (Å²) < 4.78 is 11.3. The predicted octanol–water partition coefficient (Wildman–Crippen LogP) is 4.43. The van der Waals surface area contributed by atoms with E-state index in [1.807, 2.05) is 60.4 Å². The van der Waals surface area contributed by atoms with Crippen molar-refractivity contribution in [2.45, 2.75) is 19.8 Å². The Balaban J connectivity index is 1.34. The van der Waals surface area contributed by atoms with Gasteiger partial charge in [0.1, 0.15) is 11.5 Å². The molecule has 2 aromatic rings. The third-order valence-electron chi connectivity index (χ3n) is 5.27. The first-order valence-corrected chi connectivity index (χ1v) is 9.10. The van der Waals surface area contributed by atoms with Crippen molar-refractivity contribution in [3.63, 3.8) is 0 Å². The van der Waals surface area contributed by atoms with Crippen LogP contribution in [0.2, 0.25) is 0 Å². The first kappa shape index (κ1) is 16.9. The zero-order chi connectivity index (χ0) is 18.0. The van der Waals surface area contributed by atoms with E-state index in [9.17, 15) is 4.79 Å². The molecule has 0 bridgehead atoms. The van der Waals surface area contributed by atoms with Gasteiger partial charge in [-0.3, -0.25) is 0 Å². The zero-order valence-corrected chi connectivity index (χ0v) is 15.0. The molecule has 2 aliphatic heterocycles. The Morgan fingerprint density at radius 3 is 2.42 bits per heavy atom. The van der Waals surface area contributed by atoms with Crippen LogP contribution in [0.3, 0.4) is 0 Å². The van der Waals surface area contributed by atoms with Gasteiger partial charge in [0.15, 0.2) is 0 Å². The van der Waals surface area contributed by atoms with E-state index in [1.54, 1.807) is 0 Å². The number of hydrogen-bond acceptors (Lipinski definition) is 3. The van der Waals surface area contributed by atoms with Crippen LogP contribution < -0.4 is 10.1 Å². The van der Waals surface area contributed by atoms with Gasteiger partial charge in [0.25, 0.3) is 0 Å². The lowest BCUT2D eigenvalue weighted by atomic mass is 9.87. The molecule has 1 N–H and O–H groups in total. The topological polar surface area (TPSA) is 50.8 Å². The average Bonchev–Trinajstić information content (AvgIpc) is 3.29. The number of nitrogens with zero attached hydrogens (tertiary/aromatic N) is 1. The largest absolute Gasteiger partial charge is 0.457 e. The Labute approximate surface area is 153 Å². The van der Waals surface area contributed by atoms with Crippen molar-refractivity contribution in [3.05, 3.63) is 54.1 Å². The summed E-state index contributed by atoms with van der Waals surface area (Å²) in [7, 11) is 0. The Morgan fingerprint density at radius 1 is 1.08 bits per heavy atom. The molecule has 2 aromatic carbocycles. The van der Waals surface area contributed by atoms with E-state index < -0.39 is 0 Å². The minimum absolute atomic E-state index is 0.0408. The number of ether oxygens (including phenoxy) is 2. The third kappa shape index (κ3) is 3.68. The van der Waals surface area contributed by atoms with Crippen molar-refractivity contribution in [1.29, 1.82) is 0 Å². The number of nitrogens with one attached hydrogen (secondary N) is 1. The summed E-state index contributed by atoms with van der Waals surface area (Å²) in [5, 5.41) is 2.98. The Bertz CT molecular complexity index is 765. The molecule has 2 fully saturated rings. The molecule has 1 unspecified atom stereocenters. The maximum absolute atomic E-state index is 12.5. The normalized spacial score (nSPS) is 22.0. The van der Waals surface area contributed by atoms with Crippen LogP contribution in [0.25, 0.3) is 0 Å². The lowest BCUT2D eigenvalue weighted by Gasteiger charge is -2.22. The van der Waals surface area contributed by atoms with Crippen LogP contribution in [0.4, 0.5) is 10.5 Å². The average molecular weight is 352 g/mol. The highest BCUT2D eigenvalue weighted by molar-refractivity contribution is 5.89. The highest BCUT2D eigenvalue weighted by atomic mass is 16.5. The Kier molecular flexibility index (Phi) is 4.55. The van der Waals surface area contributed by atoms with E-state index in [4.69, 9.17) is 9.47 Å². The molecule has 2 amide bonds. The van der Waals surface area contributed by atoms with Crippen molar-refractivity contribution < 1.29 is 14.3 Å². The SMILES string of the molecule is Cc1ccc(Oc2ccc(NC(=O)N3CCC4(CCOC4)C3)cc2)cc1. The zero-order valence-electron chi connectivity index (χ0n) is 15.0. The summed E-state index contributed by atoms with van der Waals surface area (Å²) in [4.78, 5) is 14.4. The van der Waals surface area contributed by atoms with Crippen LogP contribution in [0.15, 0.2) is 48.5 Å². The summed E-state index contributed by atoms with van der Waals surface area (Å²) in [5.74, 6) is 1.55. The van der Waals surface area contributed by atoms with Crippen molar-refractivity contribution in [2.24, 2.45) is 5.41 Å². The highest BCUT2D eigenvalue weighted by Gasteiger charge is 2.42. The molecule has 0 saturated carbocycles. The number of carbonyl (C=O) groups is 1. The molecule has 26 heavy (non-hydrogen) atoms. The Morgan fingerprint density at radius 2 is 1.77 bits per heavy atom. The first-order valence-electron chi connectivity index (χ1n) is 9.10. The number of rotatable bonds is 3. The molecule has 4 rings (SSSR count). The fourth-order valence-corrected chi connectivity index (χ4v) is 3.63. The fourth-order valence-electron chi connectivity index (χ4n) is 3.63. The lowest BCUT2D eigenvalue weighted by molar-refractivity contribution is 0.154. The molecule has 0 aromatic heterocycles. The molecular weight excluding hydrogens is 328 g/mol. The van der Waals surface area contributed by atoms with E-state index in [-0.39, 0.29) is 11.4 Å². The quantitative estimate of drug-likeness (QED) is 0.889. The van der Waals surface area contributed by atoms with E-state index in [0.717, 1.165) is 56.3 Å². The molecule has 1 atom stereocenters. The van der Waals surface area contributed by atoms with Gasteiger partial charge < -0.3 is 19.7 Å². The van der Waals surface area contributed by atoms with Crippen molar-refractivity contribution in [2.75, 3.05) is 31.6 Å². The summed E-state index contributed by atoms with van der Waals surface area (Å²) in [6.45, 7) is 5.22. The maximum atomic E-state index is 12.5. The number of aryl methyl sites for hydroxylation is 1. The van der Waals surface area contributed by atoms with Gasteiger partial charge in [-0.05, 0) is 56.2 Å². The summed E-state index contributed by atoms with van der Waals surface area (Å²) in [6, 6.07) is 15.3. The predicted molar refractivity (Wildman–Crippen MR) is 101 cm³/mol. The van der Waals surface area contributed by atoms with Gasteiger partial charge in [0, 0.05) is 30.8 Å². The number of amides is 2. The van der Waals surface area contributed by atoms with Crippen LogP contribution in [0, 0.1) is 12.3 Å². The smallest absolute Gasteiger partial charge is 0.321 e. The molecule has 5 nitrogen and oxygen atoms in total. The second-order valence-corrected chi connectivity index (χ2v) is 7.34. The number of benzene rings is 2. The molecule has 0 aliphatic carbocycles. The van der Waals surface area contributed by atoms with E-state index in [0.29, 0.717) is 0 Å². The highest BCUT2D eigenvalue weighted by Crippen LogP contribution is 2.38. The first-order chi connectivity index (χ1) is 12.6. The van der Waals surface area contributed by atoms with Crippen molar-refractivity contribution in [1.82, 2.24) is 4.90 Å². The number of carbonyl (C=O) groups excluding carboxylic acids is 1. The molecule has 2 aliphatic rings. The van der Waals surface area contributed by atoms with E-state index in [2.05, 4.69) is 5.32 Å². The van der Waals surface area contributed by atoms with Gasteiger partial charge >= 0.3 is 6.03 Å². The molecule has 2 saturated heterocycles. The summed E-state index contributed by atoms with van der Waals surface area (Å²) in [6.07, 6.45) is 2.09. The molecule has 1 spiro atoms. The van der Waals surface area contributed by atoms with Gasteiger partial charge in [-0.2, -0.15) is 0 Å². The van der Waals surface area contributed by atoms with Gasteiger partial charge in [-0.15, -0.1) is 0 Å². The Hall–Kier alpha value is -2.53. The molecule has 136 valence electrons. The van der Waals surface area contributed by atoms with Crippen LogP contribution in [-0.2, 0) is 4.74 Å². The van der Waals surface area contributed by atoms with Crippen LogP contribution in [0.1, 0.15) is 18.4 Å². The van der Waals surface area contributed by atoms with E-state index >= 15 is 0 Å². The molecule has 2 heterocycles.